The maximum absolute atomic E-state index is 13.0. The SMILES string of the molecule is CN1C(=NC2CCCCC2)SCC1CC(=O)Nc1cc(C(F)(F)F)cc(C(F)(F)F)c1. The fraction of sp³-hybridized carbons (Fsp3) is 0.600. The lowest BCUT2D eigenvalue weighted by Crippen LogP contribution is -2.34. The molecule has 31 heavy (non-hydrogen) atoms. The second-order valence-electron chi connectivity index (χ2n) is 7.83. The number of hydrogen-bond acceptors (Lipinski definition) is 3. The average Bonchev–Trinajstić information content (AvgIpc) is 3.00. The molecule has 1 aromatic rings. The number of halogens is 6. The number of alkyl halides is 6. The van der Waals surface area contributed by atoms with Gasteiger partial charge in [0.05, 0.1) is 17.2 Å². The Hall–Kier alpha value is -1.91. The van der Waals surface area contributed by atoms with Gasteiger partial charge in [0.1, 0.15) is 0 Å². The normalized spacial score (nSPS) is 22.2. The molecule has 1 aliphatic heterocycles. The highest BCUT2D eigenvalue weighted by Crippen LogP contribution is 2.37. The maximum atomic E-state index is 13.0. The number of benzene rings is 1. The second kappa shape index (κ2) is 9.30. The molecule has 1 heterocycles. The summed E-state index contributed by atoms with van der Waals surface area (Å²) in [5.74, 6) is -0.0740. The topological polar surface area (TPSA) is 44.7 Å². The number of nitrogens with one attached hydrogen (secondary N) is 1. The zero-order valence-electron chi connectivity index (χ0n) is 16.8. The first-order valence-corrected chi connectivity index (χ1v) is 10.9. The van der Waals surface area contributed by atoms with Crippen molar-refractivity contribution in [2.24, 2.45) is 4.99 Å². The summed E-state index contributed by atoms with van der Waals surface area (Å²) in [6.07, 6.45) is -4.46. The second-order valence-corrected chi connectivity index (χ2v) is 8.81. The summed E-state index contributed by atoms with van der Waals surface area (Å²) in [6, 6.07) is 1.08. The number of carbonyl (C=O) groups excluding carboxylic acids is 1. The molecule has 11 heteroatoms. The number of hydrogen-bond donors (Lipinski definition) is 1. The molecule has 1 unspecified atom stereocenters. The van der Waals surface area contributed by atoms with Crippen molar-refractivity contribution in [3.05, 3.63) is 29.3 Å². The van der Waals surface area contributed by atoms with Gasteiger partial charge in [-0.05, 0) is 31.0 Å². The predicted molar refractivity (Wildman–Crippen MR) is 108 cm³/mol. The minimum absolute atomic E-state index is 0.0328. The van der Waals surface area contributed by atoms with Crippen molar-refractivity contribution in [3.8, 4) is 0 Å². The van der Waals surface area contributed by atoms with E-state index in [2.05, 4.69) is 5.32 Å². The molecule has 0 radical (unpaired) electrons. The van der Waals surface area contributed by atoms with E-state index in [1.807, 2.05) is 4.90 Å². The Morgan fingerprint density at radius 3 is 2.19 bits per heavy atom. The lowest BCUT2D eigenvalue weighted by atomic mass is 9.96. The Bertz CT molecular complexity index is 801. The molecule has 4 nitrogen and oxygen atoms in total. The molecular weight excluding hydrogens is 444 g/mol. The highest BCUT2D eigenvalue weighted by atomic mass is 32.2. The van der Waals surface area contributed by atoms with Crippen molar-refractivity contribution in [3.63, 3.8) is 0 Å². The van der Waals surface area contributed by atoms with Crippen LogP contribution in [0.4, 0.5) is 32.0 Å². The van der Waals surface area contributed by atoms with E-state index >= 15 is 0 Å². The third kappa shape index (κ3) is 6.30. The molecule has 1 atom stereocenters. The zero-order valence-corrected chi connectivity index (χ0v) is 17.6. The van der Waals surface area contributed by atoms with Gasteiger partial charge < -0.3 is 10.2 Å². The van der Waals surface area contributed by atoms with E-state index in [1.165, 1.54) is 18.2 Å². The van der Waals surface area contributed by atoms with E-state index in [9.17, 15) is 31.1 Å². The van der Waals surface area contributed by atoms with E-state index < -0.39 is 35.1 Å². The van der Waals surface area contributed by atoms with E-state index in [4.69, 9.17) is 4.99 Å². The molecule has 0 bridgehead atoms. The molecule has 172 valence electrons. The molecule has 1 saturated heterocycles. The van der Waals surface area contributed by atoms with Crippen LogP contribution in [0.1, 0.15) is 49.7 Å². The van der Waals surface area contributed by atoms with Gasteiger partial charge in [0, 0.05) is 31.0 Å². The van der Waals surface area contributed by atoms with Crippen molar-refractivity contribution in [2.45, 2.75) is 63.0 Å². The van der Waals surface area contributed by atoms with Gasteiger partial charge in [0.25, 0.3) is 0 Å². The van der Waals surface area contributed by atoms with E-state index in [0.29, 0.717) is 17.9 Å². The minimum Gasteiger partial charge on any atom is -0.350 e. The van der Waals surface area contributed by atoms with Gasteiger partial charge in [0.2, 0.25) is 5.91 Å². The molecule has 2 aliphatic rings. The summed E-state index contributed by atoms with van der Waals surface area (Å²) in [5, 5.41) is 3.02. The van der Waals surface area contributed by atoms with Crippen LogP contribution in [0.25, 0.3) is 0 Å². The first-order valence-electron chi connectivity index (χ1n) is 9.96. The summed E-state index contributed by atoms with van der Waals surface area (Å²) in [4.78, 5) is 19.0. The third-order valence-electron chi connectivity index (χ3n) is 5.41. The van der Waals surface area contributed by atoms with Crippen LogP contribution >= 0.6 is 11.8 Å². The van der Waals surface area contributed by atoms with Crippen LogP contribution in [0.15, 0.2) is 23.2 Å². The molecule has 3 rings (SSSR count). The van der Waals surface area contributed by atoms with Gasteiger partial charge in [-0.3, -0.25) is 9.79 Å². The van der Waals surface area contributed by atoms with Crippen molar-refractivity contribution in [1.29, 1.82) is 0 Å². The first-order chi connectivity index (χ1) is 14.4. The lowest BCUT2D eigenvalue weighted by molar-refractivity contribution is -0.143. The summed E-state index contributed by atoms with van der Waals surface area (Å²) in [5.41, 5.74) is -3.46. The summed E-state index contributed by atoms with van der Waals surface area (Å²) < 4.78 is 77.9. The van der Waals surface area contributed by atoms with Gasteiger partial charge in [-0.25, -0.2) is 0 Å². The van der Waals surface area contributed by atoms with Gasteiger partial charge in [0.15, 0.2) is 5.17 Å². The molecule has 0 spiro atoms. The van der Waals surface area contributed by atoms with E-state index in [1.54, 1.807) is 7.05 Å². The molecule has 1 saturated carbocycles. The standard InChI is InChI=1S/C20H23F6N3OS/c1-29-16(11-31-18(29)28-14-5-3-2-4-6-14)10-17(30)27-15-8-12(19(21,22)23)7-13(9-15)20(24,25)26/h7-9,14,16H,2-6,10-11H2,1H3,(H,27,30). The fourth-order valence-electron chi connectivity index (χ4n) is 3.68. The van der Waals surface area contributed by atoms with Crippen LogP contribution in [-0.4, -0.2) is 40.9 Å². The summed E-state index contributed by atoms with van der Waals surface area (Å²) in [7, 11) is 1.80. The largest absolute Gasteiger partial charge is 0.416 e. The van der Waals surface area contributed by atoms with Gasteiger partial charge in [-0.15, -0.1) is 0 Å². The van der Waals surface area contributed by atoms with Crippen LogP contribution in [-0.2, 0) is 17.1 Å². The Morgan fingerprint density at radius 1 is 1.06 bits per heavy atom. The molecular formula is C20H23F6N3OS. The number of anilines is 1. The quantitative estimate of drug-likeness (QED) is 0.571. The average molecular weight is 467 g/mol. The Morgan fingerprint density at radius 2 is 1.65 bits per heavy atom. The van der Waals surface area contributed by atoms with Crippen molar-refractivity contribution < 1.29 is 31.1 Å². The number of amidine groups is 1. The number of carbonyl (C=O) groups is 1. The van der Waals surface area contributed by atoms with Crippen molar-refractivity contribution in [1.82, 2.24) is 4.90 Å². The van der Waals surface area contributed by atoms with Crippen molar-refractivity contribution in [2.75, 3.05) is 18.1 Å². The monoisotopic (exact) mass is 467 g/mol. The van der Waals surface area contributed by atoms with E-state index in [0.717, 1.165) is 30.9 Å². The number of amides is 1. The Labute approximate surface area is 180 Å². The van der Waals surface area contributed by atoms with E-state index in [-0.39, 0.29) is 24.6 Å². The number of aliphatic imine (C=N–C) groups is 1. The zero-order chi connectivity index (χ0) is 22.8. The summed E-state index contributed by atoms with van der Waals surface area (Å²) >= 11 is 1.51. The van der Waals surface area contributed by atoms with Gasteiger partial charge in [-0.2, -0.15) is 26.3 Å². The van der Waals surface area contributed by atoms with Crippen LogP contribution in [0.2, 0.25) is 0 Å². The lowest BCUT2D eigenvalue weighted by Gasteiger charge is -2.23. The molecule has 2 fully saturated rings. The first kappa shape index (κ1) is 23.7. The maximum Gasteiger partial charge on any atom is 0.416 e. The number of thioether (sulfide) groups is 1. The van der Waals surface area contributed by atoms with Crippen LogP contribution in [0.3, 0.4) is 0 Å². The summed E-state index contributed by atoms with van der Waals surface area (Å²) in [6.45, 7) is 0. The molecule has 1 aliphatic carbocycles. The number of rotatable bonds is 4. The Balaban J connectivity index is 1.67. The highest BCUT2D eigenvalue weighted by molar-refractivity contribution is 8.14. The third-order valence-corrected chi connectivity index (χ3v) is 6.62. The van der Waals surface area contributed by atoms with Crippen LogP contribution in [0.5, 0.6) is 0 Å². The molecule has 0 aromatic heterocycles. The predicted octanol–water partition coefficient (Wildman–Crippen LogP) is 5.79. The van der Waals surface area contributed by atoms with Crippen LogP contribution < -0.4 is 5.32 Å². The minimum atomic E-state index is -4.96. The van der Waals surface area contributed by atoms with Crippen molar-refractivity contribution >= 4 is 28.5 Å². The van der Waals surface area contributed by atoms with Crippen LogP contribution in [0, 0.1) is 0 Å². The fourth-order valence-corrected chi connectivity index (χ4v) is 4.94. The van der Waals surface area contributed by atoms with Gasteiger partial charge in [-0.1, -0.05) is 31.0 Å². The highest BCUT2D eigenvalue weighted by Gasteiger charge is 2.37. The smallest absolute Gasteiger partial charge is 0.350 e. The molecule has 1 amide bonds. The Kier molecular flexibility index (Phi) is 7.12. The number of nitrogens with zero attached hydrogens (tertiary/aromatic N) is 2. The van der Waals surface area contributed by atoms with Gasteiger partial charge >= 0.3 is 12.4 Å². The molecule has 1 aromatic carbocycles. The molecule has 1 N–H and O–H groups in total.